The third-order valence-corrected chi connectivity index (χ3v) is 6.73. The summed E-state index contributed by atoms with van der Waals surface area (Å²) in [6.07, 6.45) is 0. The predicted molar refractivity (Wildman–Crippen MR) is 127 cm³/mol. The van der Waals surface area contributed by atoms with Crippen LogP contribution in [-0.4, -0.2) is 37.0 Å². The van der Waals surface area contributed by atoms with Gasteiger partial charge in [-0.05, 0) is 60.2 Å². The van der Waals surface area contributed by atoms with Crippen molar-refractivity contribution in [1.82, 2.24) is 4.90 Å². The second kappa shape index (κ2) is 9.78. The average molecular weight is 457 g/mol. The molecule has 0 spiro atoms. The van der Waals surface area contributed by atoms with Crippen LogP contribution in [0.3, 0.4) is 0 Å². The van der Waals surface area contributed by atoms with Gasteiger partial charge >= 0.3 is 0 Å². The summed E-state index contributed by atoms with van der Waals surface area (Å²) in [5.41, 5.74) is 3.04. The van der Waals surface area contributed by atoms with Gasteiger partial charge in [0.1, 0.15) is 0 Å². The average Bonchev–Trinajstić information content (AvgIpc) is 2.79. The van der Waals surface area contributed by atoms with Crippen LogP contribution < -0.4 is 4.90 Å². The van der Waals surface area contributed by atoms with E-state index in [0.717, 1.165) is 40.1 Å². The second-order valence-corrected chi connectivity index (χ2v) is 9.12. The van der Waals surface area contributed by atoms with Crippen LogP contribution in [0.5, 0.6) is 0 Å². The van der Waals surface area contributed by atoms with Gasteiger partial charge in [0.25, 0.3) is 5.91 Å². The van der Waals surface area contributed by atoms with Gasteiger partial charge in [-0.2, -0.15) is 0 Å². The van der Waals surface area contributed by atoms with Crippen molar-refractivity contribution in [3.05, 3.63) is 94.0 Å². The van der Waals surface area contributed by atoms with Crippen LogP contribution in [-0.2, 0) is 5.75 Å². The van der Waals surface area contributed by atoms with Crippen LogP contribution in [0.4, 0.5) is 5.69 Å². The van der Waals surface area contributed by atoms with Gasteiger partial charge in [0, 0.05) is 58.1 Å². The zero-order valence-corrected chi connectivity index (χ0v) is 18.8. The first-order chi connectivity index (χ1) is 14.6. The number of thioether (sulfide) groups is 1. The minimum atomic E-state index is 0.0950. The summed E-state index contributed by atoms with van der Waals surface area (Å²) < 4.78 is 0. The number of hydrogen-bond acceptors (Lipinski definition) is 3. The highest BCUT2D eigenvalue weighted by Gasteiger charge is 2.22. The van der Waals surface area contributed by atoms with Gasteiger partial charge in [-0.3, -0.25) is 4.79 Å². The van der Waals surface area contributed by atoms with Gasteiger partial charge < -0.3 is 9.80 Å². The quantitative estimate of drug-likeness (QED) is 0.424. The van der Waals surface area contributed by atoms with Crippen molar-refractivity contribution < 1.29 is 4.79 Å². The highest BCUT2D eigenvalue weighted by atomic mass is 35.5. The molecule has 0 N–H and O–H groups in total. The third-order valence-electron chi connectivity index (χ3n) is 5.16. The van der Waals surface area contributed by atoms with Crippen molar-refractivity contribution in [1.29, 1.82) is 0 Å². The Morgan fingerprint density at radius 1 is 0.833 bits per heavy atom. The second-order valence-electron chi connectivity index (χ2n) is 7.20. The molecule has 3 aromatic carbocycles. The van der Waals surface area contributed by atoms with Crippen LogP contribution in [0.15, 0.2) is 77.7 Å². The summed E-state index contributed by atoms with van der Waals surface area (Å²) >= 11 is 13.8. The Labute approximate surface area is 191 Å². The Balaban J connectivity index is 1.31. The molecule has 4 rings (SSSR count). The van der Waals surface area contributed by atoms with E-state index in [2.05, 4.69) is 11.0 Å². The highest BCUT2D eigenvalue weighted by Crippen LogP contribution is 2.25. The number of benzene rings is 3. The molecule has 6 heteroatoms. The molecule has 1 aliphatic rings. The van der Waals surface area contributed by atoms with Crippen molar-refractivity contribution in [2.75, 3.05) is 31.1 Å². The normalized spacial score (nSPS) is 14.1. The molecule has 0 atom stereocenters. The first-order valence-electron chi connectivity index (χ1n) is 9.85. The smallest absolute Gasteiger partial charge is 0.253 e. The number of halogens is 2. The van der Waals surface area contributed by atoms with Gasteiger partial charge in [0.05, 0.1) is 0 Å². The van der Waals surface area contributed by atoms with E-state index >= 15 is 0 Å². The van der Waals surface area contributed by atoms with Crippen molar-refractivity contribution in [3.8, 4) is 0 Å². The number of carbonyl (C=O) groups excluding carboxylic acids is 1. The molecule has 0 unspecified atom stereocenters. The fourth-order valence-electron chi connectivity index (χ4n) is 3.46. The van der Waals surface area contributed by atoms with Gasteiger partial charge in [0.2, 0.25) is 0 Å². The molecule has 1 saturated heterocycles. The van der Waals surface area contributed by atoms with Crippen molar-refractivity contribution in [3.63, 3.8) is 0 Å². The molecular weight excluding hydrogens is 435 g/mol. The molecular formula is C24H22Cl2N2OS. The maximum absolute atomic E-state index is 12.9. The summed E-state index contributed by atoms with van der Waals surface area (Å²) in [4.78, 5) is 18.3. The molecule has 0 bridgehead atoms. The van der Waals surface area contributed by atoms with Crippen LogP contribution >= 0.6 is 35.0 Å². The largest absolute Gasteiger partial charge is 0.368 e. The fraction of sp³-hybridized carbons (Fsp3) is 0.208. The molecule has 1 fully saturated rings. The lowest BCUT2D eigenvalue weighted by Gasteiger charge is -2.36. The maximum Gasteiger partial charge on any atom is 0.253 e. The van der Waals surface area contributed by atoms with E-state index in [4.69, 9.17) is 23.2 Å². The molecule has 0 aliphatic carbocycles. The molecule has 154 valence electrons. The zero-order chi connectivity index (χ0) is 20.9. The lowest BCUT2D eigenvalue weighted by molar-refractivity contribution is 0.0747. The number of piperazine rings is 1. The molecule has 1 aliphatic heterocycles. The Hall–Kier alpha value is -2.14. The van der Waals surface area contributed by atoms with Gasteiger partial charge in [-0.1, -0.05) is 41.4 Å². The molecule has 0 radical (unpaired) electrons. The third kappa shape index (κ3) is 5.31. The fourth-order valence-corrected chi connectivity index (χ4v) is 4.63. The number of nitrogens with zero attached hydrogens (tertiary/aromatic N) is 2. The summed E-state index contributed by atoms with van der Waals surface area (Å²) in [7, 11) is 0. The van der Waals surface area contributed by atoms with Gasteiger partial charge in [0.15, 0.2) is 0 Å². The highest BCUT2D eigenvalue weighted by molar-refractivity contribution is 7.98. The Morgan fingerprint density at radius 2 is 1.53 bits per heavy atom. The predicted octanol–water partition coefficient (Wildman–Crippen LogP) is 6.25. The first-order valence-corrected chi connectivity index (χ1v) is 11.6. The number of hydrogen-bond donors (Lipinski definition) is 0. The van der Waals surface area contributed by atoms with E-state index in [1.165, 1.54) is 10.5 Å². The van der Waals surface area contributed by atoms with E-state index in [-0.39, 0.29) is 5.91 Å². The molecule has 0 saturated carbocycles. The van der Waals surface area contributed by atoms with E-state index in [1.54, 1.807) is 11.8 Å². The SMILES string of the molecule is O=C(c1ccc(CSc2ccc(Cl)cc2)cc1)N1CCN(c2cccc(Cl)c2)CC1. The number of anilines is 1. The number of carbonyl (C=O) groups is 1. The molecule has 1 heterocycles. The molecule has 0 aromatic heterocycles. The van der Waals surface area contributed by atoms with Crippen molar-refractivity contribution in [2.24, 2.45) is 0 Å². The van der Waals surface area contributed by atoms with Crippen molar-refractivity contribution in [2.45, 2.75) is 10.6 Å². The van der Waals surface area contributed by atoms with Crippen LogP contribution in [0.2, 0.25) is 10.0 Å². The number of amides is 1. The van der Waals surface area contributed by atoms with Crippen molar-refractivity contribution >= 4 is 46.6 Å². The van der Waals surface area contributed by atoms with Gasteiger partial charge in [-0.15, -0.1) is 11.8 Å². The van der Waals surface area contributed by atoms with Crippen LogP contribution in [0.25, 0.3) is 0 Å². The van der Waals surface area contributed by atoms with E-state index in [9.17, 15) is 4.79 Å². The van der Waals surface area contributed by atoms with E-state index in [0.29, 0.717) is 13.1 Å². The zero-order valence-electron chi connectivity index (χ0n) is 16.4. The van der Waals surface area contributed by atoms with Gasteiger partial charge in [-0.25, -0.2) is 0 Å². The molecule has 1 amide bonds. The summed E-state index contributed by atoms with van der Waals surface area (Å²) in [6.45, 7) is 3.03. The summed E-state index contributed by atoms with van der Waals surface area (Å²) in [5, 5.41) is 1.48. The van der Waals surface area contributed by atoms with Crippen LogP contribution in [0, 0.1) is 0 Å². The summed E-state index contributed by atoms with van der Waals surface area (Å²) in [6, 6.07) is 23.7. The minimum absolute atomic E-state index is 0.0950. The maximum atomic E-state index is 12.9. The standard InChI is InChI=1S/C24H22Cl2N2OS/c25-20-8-10-23(11-9-20)30-17-18-4-6-19(7-5-18)24(29)28-14-12-27(13-15-28)22-3-1-2-21(26)16-22/h1-11,16H,12-15,17H2. The van der Waals surface area contributed by atoms with E-state index in [1.807, 2.05) is 71.6 Å². The number of rotatable bonds is 5. The summed E-state index contributed by atoms with van der Waals surface area (Å²) in [5.74, 6) is 0.951. The van der Waals surface area contributed by atoms with E-state index < -0.39 is 0 Å². The lowest BCUT2D eigenvalue weighted by Crippen LogP contribution is -2.48. The molecule has 3 aromatic rings. The monoisotopic (exact) mass is 456 g/mol. The molecule has 30 heavy (non-hydrogen) atoms. The first kappa shape index (κ1) is 21.1. The Kier molecular flexibility index (Phi) is 6.88. The molecule has 3 nitrogen and oxygen atoms in total. The topological polar surface area (TPSA) is 23.6 Å². The lowest BCUT2D eigenvalue weighted by atomic mass is 10.1. The minimum Gasteiger partial charge on any atom is -0.368 e. The Morgan fingerprint density at radius 3 is 2.20 bits per heavy atom. The van der Waals surface area contributed by atoms with Crippen LogP contribution in [0.1, 0.15) is 15.9 Å². The Bertz CT molecular complexity index is 1000.